The molecule has 0 aromatic heterocycles. The molecule has 0 aliphatic heterocycles. The minimum atomic E-state index is -3.65. The van der Waals surface area contributed by atoms with E-state index in [1.54, 1.807) is 48.4 Å². The Morgan fingerprint density at radius 2 is 1.76 bits per heavy atom. The number of ether oxygens (including phenoxy) is 1. The van der Waals surface area contributed by atoms with Crippen molar-refractivity contribution in [1.29, 1.82) is 0 Å². The van der Waals surface area contributed by atoms with Gasteiger partial charge in [-0.05, 0) is 43.9 Å². The molecule has 0 atom stereocenters. The molecule has 1 aliphatic carbocycles. The number of hydrogen-bond acceptors (Lipinski definition) is 5. The van der Waals surface area contributed by atoms with Crippen molar-refractivity contribution in [3.8, 4) is 11.5 Å². The number of benzene rings is 2. The molecule has 1 N–H and O–H groups in total. The summed E-state index contributed by atoms with van der Waals surface area (Å²) in [7, 11) is -2.10. The summed E-state index contributed by atoms with van der Waals surface area (Å²) < 4.78 is 34.4. The molecule has 1 aliphatic rings. The van der Waals surface area contributed by atoms with Gasteiger partial charge < -0.3 is 19.1 Å². The lowest BCUT2D eigenvalue weighted by Gasteiger charge is -2.24. The van der Waals surface area contributed by atoms with Gasteiger partial charge in [0.15, 0.2) is 0 Å². The van der Waals surface area contributed by atoms with Crippen LogP contribution in [0.3, 0.4) is 0 Å². The van der Waals surface area contributed by atoms with E-state index in [9.17, 15) is 13.2 Å². The van der Waals surface area contributed by atoms with Gasteiger partial charge in [0.05, 0.1) is 25.1 Å². The number of hydrogen-bond donors (Lipinski definition) is 1. The molecule has 1 saturated carbocycles. The molecule has 0 heterocycles. The molecule has 2 aromatic carbocycles. The predicted octanol–water partition coefficient (Wildman–Crippen LogP) is 3.87. The minimum Gasteiger partial charge on any atom is -0.495 e. The first-order valence-electron chi connectivity index (χ1n) is 9.61. The van der Waals surface area contributed by atoms with Crippen LogP contribution in [-0.4, -0.2) is 38.8 Å². The van der Waals surface area contributed by atoms with Crippen LogP contribution in [0.4, 0.5) is 10.5 Å². The molecule has 29 heavy (non-hydrogen) atoms. The standard InChI is InChI=1S/C21H26N2O5S/c1-3-29(25,26)28-19-10-6-4-8-17(19)15-23(14-16-12-13-16)21(24)22-18-9-5-7-11-20(18)27-2/h4-11,16H,3,12-15H2,1-2H3,(H,22,24). The second-order valence-corrected chi connectivity index (χ2v) is 8.85. The molecule has 0 bridgehead atoms. The first-order valence-corrected chi connectivity index (χ1v) is 11.2. The predicted molar refractivity (Wildman–Crippen MR) is 112 cm³/mol. The molecule has 0 unspecified atom stereocenters. The summed E-state index contributed by atoms with van der Waals surface area (Å²) in [6.07, 6.45) is 2.17. The molecule has 156 valence electrons. The fourth-order valence-corrected chi connectivity index (χ4v) is 3.44. The number of carbonyl (C=O) groups is 1. The van der Waals surface area contributed by atoms with Crippen LogP contribution in [0.15, 0.2) is 48.5 Å². The van der Waals surface area contributed by atoms with E-state index >= 15 is 0 Å². The summed E-state index contributed by atoms with van der Waals surface area (Å²) in [4.78, 5) is 14.7. The highest BCUT2D eigenvalue weighted by Crippen LogP contribution is 2.32. The van der Waals surface area contributed by atoms with Crippen LogP contribution in [-0.2, 0) is 16.7 Å². The summed E-state index contributed by atoms with van der Waals surface area (Å²) >= 11 is 0. The highest BCUT2D eigenvalue weighted by atomic mass is 32.2. The van der Waals surface area contributed by atoms with Crippen LogP contribution in [0, 0.1) is 5.92 Å². The SMILES string of the molecule is CCS(=O)(=O)Oc1ccccc1CN(CC1CC1)C(=O)Nc1ccccc1OC. The lowest BCUT2D eigenvalue weighted by atomic mass is 10.2. The Balaban J connectivity index is 1.80. The Bertz CT molecular complexity index is 957. The molecule has 2 aromatic rings. The second-order valence-electron chi connectivity index (χ2n) is 6.99. The van der Waals surface area contributed by atoms with Crippen molar-refractivity contribution < 1.29 is 22.1 Å². The summed E-state index contributed by atoms with van der Waals surface area (Å²) in [5.41, 5.74) is 1.22. The number of rotatable bonds is 9. The van der Waals surface area contributed by atoms with Crippen molar-refractivity contribution in [1.82, 2.24) is 4.90 Å². The van der Waals surface area contributed by atoms with Gasteiger partial charge in [-0.3, -0.25) is 0 Å². The Labute approximate surface area is 171 Å². The zero-order valence-electron chi connectivity index (χ0n) is 16.6. The number of urea groups is 1. The fraction of sp³-hybridized carbons (Fsp3) is 0.381. The smallest absolute Gasteiger partial charge is 0.322 e. The molecule has 8 heteroatoms. The van der Waals surface area contributed by atoms with E-state index in [-0.39, 0.29) is 24.1 Å². The van der Waals surface area contributed by atoms with Gasteiger partial charge in [-0.25, -0.2) is 4.79 Å². The van der Waals surface area contributed by atoms with Crippen molar-refractivity contribution >= 4 is 21.8 Å². The molecule has 0 spiro atoms. The third-order valence-electron chi connectivity index (χ3n) is 4.72. The number of nitrogens with zero attached hydrogens (tertiary/aromatic N) is 1. The van der Waals surface area contributed by atoms with Crippen LogP contribution in [0.5, 0.6) is 11.5 Å². The normalized spacial score (nSPS) is 13.6. The van der Waals surface area contributed by atoms with Crippen LogP contribution < -0.4 is 14.2 Å². The topological polar surface area (TPSA) is 84.9 Å². The van der Waals surface area contributed by atoms with Gasteiger partial charge in [-0.2, -0.15) is 8.42 Å². The van der Waals surface area contributed by atoms with E-state index in [0.29, 0.717) is 29.5 Å². The second kappa shape index (κ2) is 9.17. The summed E-state index contributed by atoms with van der Waals surface area (Å²) in [6, 6.07) is 13.8. The van der Waals surface area contributed by atoms with Crippen molar-refractivity contribution in [2.45, 2.75) is 26.3 Å². The van der Waals surface area contributed by atoms with Gasteiger partial charge in [-0.15, -0.1) is 0 Å². The Morgan fingerprint density at radius 1 is 1.10 bits per heavy atom. The van der Waals surface area contributed by atoms with E-state index in [4.69, 9.17) is 8.92 Å². The number of carbonyl (C=O) groups excluding carboxylic acids is 1. The van der Waals surface area contributed by atoms with Gasteiger partial charge in [0.25, 0.3) is 0 Å². The number of methoxy groups -OCH3 is 1. The van der Waals surface area contributed by atoms with Crippen molar-refractivity contribution in [2.24, 2.45) is 5.92 Å². The van der Waals surface area contributed by atoms with Gasteiger partial charge >= 0.3 is 16.1 Å². The number of nitrogens with one attached hydrogen (secondary N) is 1. The Hall–Kier alpha value is -2.74. The van der Waals surface area contributed by atoms with Crippen LogP contribution in [0.25, 0.3) is 0 Å². The molecule has 3 rings (SSSR count). The highest BCUT2D eigenvalue weighted by Gasteiger charge is 2.28. The largest absolute Gasteiger partial charge is 0.495 e. The molecule has 0 saturated heterocycles. The van der Waals surface area contributed by atoms with Crippen molar-refractivity contribution in [3.63, 3.8) is 0 Å². The number of amides is 2. The van der Waals surface area contributed by atoms with E-state index in [2.05, 4.69) is 5.32 Å². The number of anilines is 1. The highest BCUT2D eigenvalue weighted by molar-refractivity contribution is 7.87. The molecule has 2 amide bonds. The summed E-state index contributed by atoms with van der Waals surface area (Å²) in [6.45, 7) is 2.36. The van der Waals surface area contributed by atoms with E-state index in [1.807, 2.05) is 12.1 Å². The average molecular weight is 419 g/mol. The number of para-hydroxylation sites is 3. The van der Waals surface area contributed by atoms with Crippen molar-refractivity contribution in [3.05, 3.63) is 54.1 Å². The first-order chi connectivity index (χ1) is 13.9. The maximum absolute atomic E-state index is 13.0. The molecule has 7 nitrogen and oxygen atoms in total. The van der Waals surface area contributed by atoms with E-state index in [1.165, 1.54) is 6.92 Å². The monoisotopic (exact) mass is 418 g/mol. The van der Waals surface area contributed by atoms with Gasteiger partial charge in [-0.1, -0.05) is 30.3 Å². The van der Waals surface area contributed by atoms with Gasteiger partial charge in [0.2, 0.25) is 0 Å². The van der Waals surface area contributed by atoms with Crippen LogP contribution in [0.1, 0.15) is 25.3 Å². The minimum absolute atomic E-state index is 0.124. The lowest BCUT2D eigenvalue weighted by molar-refractivity contribution is 0.206. The zero-order chi connectivity index (χ0) is 20.9. The van der Waals surface area contributed by atoms with Crippen molar-refractivity contribution in [2.75, 3.05) is 24.7 Å². The van der Waals surface area contributed by atoms with E-state index in [0.717, 1.165) is 12.8 Å². The Morgan fingerprint density at radius 3 is 2.41 bits per heavy atom. The maximum atomic E-state index is 13.0. The maximum Gasteiger partial charge on any atom is 0.322 e. The van der Waals surface area contributed by atoms with Gasteiger partial charge in [0, 0.05) is 12.1 Å². The fourth-order valence-electron chi connectivity index (χ4n) is 2.89. The van der Waals surface area contributed by atoms with E-state index < -0.39 is 10.1 Å². The zero-order valence-corrected chi connectivity index (χ0v) is 17.4. The van der Waals surface area contributed by atoms with Gasteiger partial charge in [0.1, 0.15) is 11.5 Å². The lowest BCUT2D eigenvalue weighted by Crippen LogP contribution is -2.36. The Kier molecular flexibility index (Phi) is 6.64. The molecular weight excluding hydrogens is 392 g/mol. The molecule has 0 radical (unpaired) electrons. The third-order valence-corrected chi connectivity index (χ3v) is 5.86. The molecule has 1 fully saturated rings. The average Bonchev–Trinajstić information content (AvgIpc) is 3.53. The summed E-state index contributed by atoms with van der Waals surface area (Å²) in [5.74, 6) is 1.16. The first kappa shape index (κ1) is 21.0. The quantitative estimate of drug-likeness (QED) is 0.625. The van der Waals surface area contributed by atoms with Crippen LogP contribution >= 0.6 is 0 Å². The van der Waals surface area contributed by atoms with Crippen LogP contribution in [0.2, 0.25) is 0 Å². The summed E-state index contributed by atoms with van der Waals surface area (Å²) in [5, 5.41) is 2.90. The third kappa shape index (κ3) is 5.87. The molecular formula is C21H26N2O5S.